The van der Waals surface area contributed by atoms with E-state index in [1.54, 1.807) is 24.3 Å². The Morgan fingerprint density at radius 3 is 2.50 bits per heavy atom. The second-order valence-electron chi connectivity index (χ2n) is 5.09. The Morgan fingerprint density at radius 1 is 1.08 bits per heavy atom. The Bertz CT molecular complexity index is 735. The largest absolute Gasteiger partial charge is 0.352 e. The zero-order valence-corrected chi connectivity index (χ0v) is 14.1. The third kappa shape index (κ3) is 5.28. The number of amides is 2. The third-order valence-corrected chi connectivity index (χ3v) is 4.04. The molecule has 2 amide bonds. The smallest absolute Gasteiger partial charge is 0.288 e. The first kappa shape index (κ1) is 17.8. The number of anilines is 1. The fourth-order valence-electron chi connectivity index (χ4n) is 1.96. The highest BCUT2D eigenvalue weighted by Gasteiger charge is 2.14. The zero-order chi connectivity index (χ0) is 17.4. The highest BCUT2D eigenvalue weighted by molar-refractivity contribution is 8.14. The number of benzene rings is 2. The second-order valence-corrected chi connectivity index (χ2v) is 6.10. The van der Waals surface area contributed by atoms with Crippen molar-refractivity contribution >= 4 is 48.2 Å². The van der Waals surface area contributed by atoms with Gasteiger partial charge in [-0.25, -0.2) is 0 Å². The van der Waals surface area contributed by atoms with Crippen molar-refractivity contribution in [3.63, 3.8) is 0 Å². The Balaban J connectivity index is 2.03. The van der Waals surface area contributed by atoms with Crippen molar-refractivity contribution in [2.24, 2.45) is 0 Å². The Kier molecular flexibility index (Phi) is 6.63. The van der Waals surface area contributed by atoms with Crippen LogP contribution in [0.1, 0.15) is 16.8 Å². The van der Waals surface area contributed by atoms with Crippen molar-refractivity contribution in [2.75, 3.05) is 11.9 Å². The van der Waals surface area contributed by atoms with E-state index in [2.05, 4.69) is 10.6 Å². The number of rotatable bonds is 6. The van der Waals surface area contributed by atoms with Gasteiger partial charge in [-0.3, -0.25) is 9.59 Å². The molecule has 0 fully saturated rings. The number of aldehydes is 1. The summed E-state index contributed by atoms with van der Waals surface area (Å²) in [5, 5.41) is 5.16. The molecule has 0 aliphatic heterocycles. The molecule has 0 aromatic heterocycles. The highest BCUT2D eigenvalue weighted by atomic mass is 32.2. The van der Waals surface area contributed by atoms with Crippen molar-refractivity contribution in [2.45, 2.75) is 11.3 Å². The molecule has 122 valence electrons. The molecule has 0 saturated carbocycles. The van der Waals surface area contributed by atoms with E-state index in [1.807, 2.05) is 32.1 Å². The van der Waals surface area contributed by atoms with Gasteiger partial charge < -0.3 is 15.4 Å². The van der Waals surface area contributed by atoms with Gasteiger partial charge in [0, 0.05) is 23.5 Å². The molecule has 2 aromatic carbocycles. The molecular formula is C17H17BN2O3S. The molecule has 7 heteroatoms. The van der Waals surface area contributed by atoms with Gasteiger partial charge in [-0.1, -0.05) is 29.7 Å². The lowest BCUT2D eigenvalue weighted by Gasteiger charge is -2.09. The molecule has 0 unspecified atom stereocenters. The predicted octanol–water partition coefficient (Wildman–Crippen LogP) is 1.59. The maximum absolute atomic E-state index is 12.2. The molecular weight excluding hydrogens is 323 g/mol. The van der Waals surface area contributed by atoms with E-state index in [-0.39, 0.29) is 24.1 Å². The fourth-order valence-corrected chi connectivity index (χ4v) is 2.75. The Morgan fingerprint density at radius 2 is 1.79 bits per heavy atom. The minimum atomic E-state index is -0.303. The van der Waals surface area contributed by atoms with E-state index in [4.69, 9.17) is 0 Å². The number of thioether (sulfide) groups is 1. The van der Waals surface area contributed by atoms with Crippen LogP contribution in [0.25, 0.3) is 0 Å². The van der Waals surface area contributed by atoms with Crippen molar-refractivity contribution < 1.29 is 14.4 Å². The van der Waals surface area contributed by atoms with Gasteiger partial charge in [-0.2, -0.15) is 0 Å². The van der Waals surface area contributed by atoms with Gasteiger partial charge in [-0.05, 0) is 36.0 Å². The average molecular weight is 340 g/mol. The highest BCUT2D eigenvalue weighted by Crippen LogP contribution is 2.24. The monoisotopic (exact) mass is 340 g/mol. The maximum atomic E-state index is 12.2. The minimum absolute atomic E-state index is 0.259. The number of hydrogen-bond acceptors (Lipinski definition) is 4. The van der Waals surface area contributed by atoms with Gasteiger partial charge in [0.1, 0.15) is 14.1 Å². The normalized spacial score (nSPS) is 10.0. The summed E-state index contributed by atoms with van der Waals surface area (Å²) in [7, 11) is 1.97. The molecule has 0 saturated heterocycles. The van der Waals surface area contributed by atoms with Crippen LogP contribution in [-0.4, -0.2) is 31.8 Å². The van der Waals surface area contributed by atoms with Crippen LogP contribution in [0.5, 0.6) is 0 Å². The van der Waals surface area contributed by atoms with E-state index < -0.39 is 0 Å². The summed E-state index contributed by atoms with van der Waals surface area (Å²) in [5.74, 6) is -0.303. The van der Waals surface area contributed by atoms with Crippen LogP contribution in [0.3, 0.4) is 0 Å². The summed E-state index contributed by atoms with van der Waals surface area (Å²) in [6, 6.07) is 14.3. The first-order valence-corrected chi connectivity index (χ1v) is 8.28. The first-order chi connectivity index (χ1) is 11.6. The third-order valence-electron chi connectivity index (χ3n) is 3.18. The molecule has 24 heavy (non-hydrogen) atoms. The summed E-state index contributed by atoms with van der Waals surface area (Å²) >= 11 is 0.956. The number of nitrogens with one attached hydrogen (secondary N) is 2. The molecule has 0 bridgehead atoms. The molecule has 0 heterocycles. The zero-order valence-electron chi connectivity index (χ0n) is 13.2. The lowest BCUT2D eigenvalue weighted by atomic mass is 9.96. The van der Waals surface area contributed by atoms with Crippen LogP contribution < -0.4 is 16.1 Å². The Hall–Kier alpha value is -2.54. The van der Waals surface area contributed by atoms with Gasteiger partial charge in [0.2, 0.25) is 0 Å². The van der Waals surface area contributed by atoms with Crippen molar-refractivity contribution in [3.8, 4) is 0 Å². The van der Waals surface area contributed by atoms with E-state index >= 15 is 0 Å². The second kappa shape index (κ2) is 8.93. The summed E-state index contributed by atoms with van der Waals surface area (Å²) < 4.78 is 0. The molecule has 0 aliphatic carbocycles. The topological polar surface area (TPSA) is 75.3 Å². The van der Waals surface area contributed by atoms with E-state index in [1.165, 1.54) is 0 Å². The van der Waals surface area contributed by atoms with Crippen LogP contribution in [-0.2, 0) is 4.79 Å². The van der Waals surface area contributed by atoms with E-state index in [0.29, 0.717) is 16.1 Å². The minimum Gasteiger partial charge on any atom is -0.352 e. The standard InChI is InChI=1S/C17H17BN2O3S/c18-12-6-8-13(9-7-12)20-17(23)24-15-5-2-1-4-14(15)16(22)19-10-3-11-21/h1-2,4-9,11H,3,10,18H2,(H,19,22)(H,20,23). The van der Waals surface area contributed by atoms with Crippen LogP contribution in [0, 0.1) is 0 Å². The van der Waals surface area contributed by atoms with Crippen LogP contribution >= 0.6 is 11.8 Å². The summed E-state index contributed by atoms with van der Waals surface area (Å²) in [6.45, 7) is 0.275. The molecule has 0 radical (unpaired) electrons. The quantitative estimate of drug-likeness (QED) is 0.362. The van der Waals surface area contributed by atoms with Gasteiger partial charge in [0.05, 0.1) is 5.56 Å². The van der Waals surface area contributed by atoms with Gasteiger partial charge in [0.15, 0.2) is 0 Å². The van der Waals surface area contributed by atoms with Crippen LogP contribution in [0.2, 0.25) is 0 Å². The predicted molar refractivity (Wildman–Crippen MR) is 99.0 cm³/mol. The number of carbonyl (C=O) groups excluding carboxylic acids is 3. The lowest BCUT2D eigenvalue weighted by molar-refractivity contribution is -0.107. The van der Waals surface area contributed by atoms with Crippen molar-refractivity contribution in [1.82, 2.24) is 5.32 Å². The molecule has 0 spiro atoms. The number of hydrogen-bond donors (Lipinski definition) is 2. The van der Waals surface area contributed by atoms with Crippen LogP contribution in [0.4, 0.5) is 10.5 Å². The SMILES string of the molecule is Bc1ccc(NC(=O)Sc2ccccc2C(=O)NCCC=O)cc1. The van der Waals surface area contributed by atoms with Gasteiger partial charge >= 0.3 is 0 Å². The maximum Gasteiger partial charge on any atom is 0.288 e. The molecule has 5 nitrogen and oxygen atoms in total. The van der Waals surface area contributed by atoms with Crippen molar-refractivity contribution in [3.05, 3.63) is 54.1 Å². The van der Waals surface area contributed by atoms with Crippen molar-refractivity contribution in [1.29, 1.82) is 0 Å². The lowest BCUT2D eigenvalue weighted by Crippen LogP contribution is -2.25. The Labute approximate surface area is 145 Å². The molecule has 0 atom stereocenters. The van der Waals surface area contributed by atoms with Crippen LogP contribution in [0.15, 0.2) is 53.4 Å². The molecule has 0 aliphatic rings. The number of carbonyl (C=O) groups is 3. The molecule has 2 rings (SSSR count). The summed E-state index contributed by atoms with van der Waals surface area (Å²) in [6.07, 6.45) is 1.00. The summed E-state index contributed by atoms with van der Waals surface area (Å²) in [5.41, 5.74) is 2.22. The fraction of sp³-hybridized carbons (Fsp3) is 0.118. The van der Waals surface area contributed by atoms with Gasteiger partial charge in [0.25, 0.3) is 11.1 Å². The summed E-state index contributed by atoms with van der Waals surface area (Å²) in [4.78, 5) is 35.2. The first-order valence-electron chi connectivity index (χ1n) is 7.46. The van der Waals surface area contributed by atoms with E-state index in [0.717, 1.165) is 23.5 Å². The molecule has 2 N–H and O–H groups in total. The average Bonchev–Trinajstić information content (AvgIpc) is 2.57. The molecule has 2 aromatic rings. The van der Waals surface area contributed by atoms with E-state index in [9.17, 15) is 14.4 Å². The van der Waals surface area contributed by atoms with Gasteiger partial charge in [-0.15, -0.1) is 0 Å².